The van der Waals surface area contributed by atoms with Crippen molar-refractivity contribution in [1.82, 2.24) is 14.9 Å². The molecule has 0 spiro atoms. The number of hydrogen-bond donors (Lipinski definition) is 2. The zero-order chi connectivity index (χ0) is 15.0. The zero-order valence-electron chi connectivity index (χ0n) is 11.8. The minimum atomic E-state index is -0.162. The summed E-state index contributed by atoms with van der Waals surface area (Å²) in [7, 11) is 2.00. The highest BCUT2D eigenvalue weighted by atomic mass is 35.5. The number of halogens is 1. The Morgan fingerprint density at radius 1 is 1.48 bits per heavy atom. The van der Waals surface area contributed by atoms with E-state index in [1.165, 1.54) is 0 Å². The Morgan fingerprint density at radius 3 is 2.95 bits per heavy atom. The predicted molar refractivity (Wildman–Crippen MR) is 82.4 cm³/mol. The average molecular weight is 308 g/mol. The van der Waals surface area contributed by atoms with Gasteiger partial charge >= 0.3 is 0 Å². The smallest absolute Gasteiger partial charge is 0.258 e. The molecule has 6 heteroatoms. The number of aromatic nitrogens is 2. The third-order valence-electron chi connectivity index (χ3n) is 3.92. The number of nitrogens with one attached hydrogen (secondary N) is 1. The molecule has 0 unspecified atom stereocenters. The summed E-state index contributed by atoms with van der Waals surface area (Å²) in [6.07, 6.45) is 1.60. The van der Waals surface area contributed by atoms with E-state index in [4.69, 9.17) is 11.6 Å². The molecule has 1 aromatic carbocycles. The van der Waals surface area contributed by atoms with Gasteiger partial charge in [-0.05, 0) is 44.0 Å². The van der Waals surface area contributed by atoms with Crippen LogP contribution < -0.4 is 5.56 Å². The van der Waals surface area contributed by atoms with E-state index in [-0.39, 0.29) is 11.7 Å². The predicted octanol–water partition coefficient (Wildman–Crippen LogP) is 1.78. The molecule has 2 N–H and O–H groups in total. The van der Waals surface area contributed by atoms with Crippen molar-refractivity contribution in [3.8, 4) is 0 Å². The molecule has 1 saturated carbocycles. The molecule has 3 rings (SSSR count). The van der Waals surface area contributed by atoms with Gasteiger partial charge in [-0.1, -0.05) is 11.6 Å². The number of H-pyrrole nitrogens is 1. The summed E-state index contributed by atoms with van der Waals surface area (Å²) in [5.74, 6) is 1.19. The second-order valence-corrected chi connectivity index (χ2v) is 6.30. The highest BCUT2D eigenvalue weighted by Gasteiger charge is 2.27. The van der Waals surface area contributed by atoms with Gasteiger partial charge in [0.15, 0.2) is 0 Å². The highest BCUT2D eigenvalue weighted by molar-refractivity contribution is 6.31. The number of aliphatic hydroxyl groups is 1. The van der Waals surface area contributed by atoms with E-state index >= 15 is 0 Å². The molecule has 1 aliphatic carbocycles. The number of benzene rings is 1. The van der Waals surface area contributed by atoms with Crippen molar-refractivity contribution in [2.45, 2.75) is 25.5 Å². The third-order valence-corrected chi connectivity index (χ3v) is 4.15. The zero-order valence-corrected chi connectivity index (χ0v) is 12.6. The molecule has 0 bridgehead atoms. The second-order valence-electron chi connectivity index (χ2n) is 5.86. The Balaban J connectivity index is 1.75. The van der Waals surface area contributed by atoms with Crippen LogP contribution >= 0.6 is 11.6 Å². The third kappa shape index (κ3) is 3.26. The van der Waals surface area contributed by atoms with Crippen molar-refractivity contribution in [2.75, 3.05) is 13.6 Å². The van der Waals surface area contributed by atoms with Crippen LogP contribution in [-0.4, -0.2) is 39.7 Å². The van der Waals surface area contributed by atoms with E-state index in [0.29, 0.717) is 34.2 Å². The number of fused-ring (bicyclic) bond motifs is 1. The monoisotopic (exact) mass is 307 g/mol. The van der Waals surface area contributed by atoms with Gasteiger partial charge in [-0.15, -0.1) is 0 Å². The normalized spacial score (nSPS) is 21.7. The number of aromatic amines is 1. The summed E-state index contributed by atoms with van der Waals surface area (Å²) >= 11 is 5.90. The fourth-order valence-electron chi connectivity index (χ4n) is 2.84. The molecule has 2 aromatic rings. The van der Waals surface area contributed by atoms with Gasteiger partial charge in [0.1, 0.15) is 5.82 Å². The molecule has 0 amide bonds. The van der Waals surface area contributed by atoms with Gasteiger partial charge < -0.3 is 10.1 Å². The maximum absolute atomic E-state index is 12.1. The van der Waals surface area contributed by atoms with Crippen LogP contribution in [0, 0.1) is 5.92 Å². The van der Waals surface area contributed by atoms with Crippen molar-refractivity contribution >= 4 is 22.5 Å². The lowest BCUT2D eigenvalue weighted by Gasteiger charge is -2.34. The lowest BCUT2D eigenvalue weighted by Crippen LogP contribution is -2.37. The Morgan fingerprint density at radius 2 is 2.24 bits per heavy atom. The maximum Gasteiger partial charge on any atom is 0.258 e. The molecular formula is C15H18ClN3O2. The maximum atomic E-state index is 12.1. The molecule has 1 fully saturated rings. The Labute approximate surface area is 127 Å². The van der Waals surface area contributed by atoms with Crippen LogP contribution in [0.3, 0.4) is 0 Å². The fraction of sp³-hybridized carbons (Fsp3) is 0.467. The minimum absolute atomic E-state index is 0.133. The fourth-order valence-corrected chi connectivity index (χ4v) is 3.02. The summed E-state index contributed by atoms with van der Waals surface area (Å²) in [6.45, 7) is 1.49. The van der Waals surface area contributed by atoms with Crippen LogP contribution in [0.25, 0.3) is 10.9 Å². The van der Waals surface area contributed by atoms with Crippen molar-refractivity contribution < 1.29 is 5.11 Å². The number of hydrogen-bond acceptors (Lipinski definition) is 4. The van der Waals surface area contributed by atoms with E-state index in [1.807, 2.05) is 7.05 Å². The number of nitrogens with zero attached hydrogens (tertiary/aromatic N) is 2. The lowest BCUT2D eigenvalue weighted by atomic mass is 9.82. The van der Waals surface area contributed by atoms with Gasteiger partial charge in [-0.3, -0.25) is 9.69 Å². The molecule has 1 heterocycles. The summed E-state index contributed by atoms with van der Waals surface area (Å²) < 4.78 is 0. The first kappa shape index (κ1) is 14.5. The summed E-state index contributed by atoms with van der Waals surface area (Å²) in [5, 5.41) is 10.3. The van der Waals surface area contributed by atoms with Gasteiger partial charge in [0.25, 0.3) is 5.56 Å². The van der Waals surface area contributed by atoms with Gasteiger partial charge in [-0.25, -0.2) is 4.98 Å². The molecule has 21 heavy (non-hydrogen) atoms. The molecule has 0 radical (unpaired) electrons. The summed E-state index contributed by atoms with van der Waals surface area (Å²) in [4.78, 5) is 21.5. The van der Waals surface area contributed by atoms with Gasteiger partial charge in [0.2, 0.25) is 0 Å². The van der Waals surface area contributed by atoms with Crippen LogP contribution in [0.15, 0.2) is 23.0 Å². The van der Waals surface area contributed by atoms with Crippen molar-refractivity contribution in [3.63, 3.8) is 0 Å². The molecule has 1 aliphatic rings. The summed E-state index contributed by atoms with van der Waals surface area (Å²) in [5.41, 5.74) is 0.496. The first-order valence-electron chi connectivity index (χ1n) is 7.06. The molecular weight excluding hydrogens is 290 g/mol. The van der Waals surface area contributed by atoms with Crippen molar-refractivity contribution in [2.24, 2.45) is 5.92 Å². The highest BCUT2D eigenvalue weighted by Crippen LogP contribution is 2.27. The van der Waals surface area contributed by atoms with Crippen LogP contribution in [0.4, 0.5) is 0 Å². The van der Waals surface area contributed by atoms with Crippen LogP contribution in [0.2, 0.25) is 5.02 Å². The average Bonchev–Trinajstić information content (AvgIpc) is 2.38. The number of rotatable bonds is 4. The van der Waals surface area contributed by atoms with E-state index in [0.717, 1.165) is 19.4 Å². The number of aliphatic hydroxyl groups excluding tert-OH is 1. The van der Waals surface area contributed by atoms with E-state index < -0.39 is 0 Å². The van der Waals surface area contributed by atoms with E-state index in [2.05, 4.69) is 14.9 Å². The quantitative estimate of drug-likeness (QED) is 0.903. The van der Waals surface area contributed by atoms with Crippen LogP contribution in [0.1, 0.15) is 18.7 Å². The summed E-state index contributed by atoms with van der Waals surface area (Å²) in [6, 6.07) is 5.13. The Hall–Kier alpha value is -1.43. The molecule has 0 saturated heterocycles. The lowest BCUT2D eigenvalue weighted by molar-refractivity contribution is 0.0271. The molecule has 0 atom stereocenters. The van der Waals surface area contributed by atoms with Gasteiger partial charge in [0.05, 0.1) is 23.6 Å². The van der Waals surface area contributed by atoms with Crippen LogP contribution in [0.5, 0.6) is 0 Å². The molecule has 0 aliphatic heterocycles. The Bertz CT molecular complexity index is 710. The first-order chi connectivity index (χ1) is 10.0. The molecule has 5 nitrogen and oxygen atoms in total. The topological polar surface area (TPSA) is 69.2 Å². The standard InChI is InChI=1S/C15H18ClN3O2/c1-19(7-9-4-11(20)5-9)8-14-17-13-3-2-10(16)6-12(13)15(21)18-14/h2-3,6,9,11,20H,4-5,7-8H2,1H3,(H,17,18,21). The molecule has 1 aromatic heterocycles. The van der Waals surface area contributed by atoms with Gasteiger partial charge in [-0.2, -0.15) is 0 Å². The van der Waals surface area contributed by atoms with Crippen molar-refractivity contribution in [3.05, 3.63) is 39.4 Å². The Kier molecular flexibility index (Phi) is 3.97. The van der Waals surface area contributed by atoms with Crippen molar-refractivity contribution in [1.29, 1.82) is 0 Å². The molecule has 112 valence electrons. The van der Waals surface area contributed by atoms with E-state index in [1.54, 1.807) is 18.2 Å². The largest absolute Gasteiger partial charge is 0.393 e. The van der Waals surface area contributed by atoms with E-state index in [9.17, 15) is 9.90 Å². The second kappa shape index (κ2) is 5.75. The van der Waals surface area contributed by atoms with Gasteiger partial charge in [0, 0.05) is 11.6 Å². The SMILES string of the molecule is CN(Cc1nc2ccc(Cl)cc2c(=O)[nH]1)CC1CC(O)C1. The van der Waals surface area contributed by atoms with Crippen LogP contribution in [-0.2, 0) is 6.54 Å². The first-order valence-corrected chi connectivity index (χ1v) is 7.44. The minimum Gasteiger partial charge on any atom is -0.393 e.